The van der Waals surface area contributed by atoms with Crippen LogP contribution in [0.2, 0.25) is 5.02 Å². The lowest BCUT2D eigenvalue weighted by Crippen LogP contribution is -2.42. The second-order valence-electron chi connectivity index (χ2n) is 6.12. The van der Waals surface area contributed by atoms with Crippen molar-refractivity contribution in [2.24, 2.45) is 0 Å². The molecule has 2 rings (SSSR count). The third-order valence-corrected chi connectivity index (χ3v) is 4.88. The lowest BCUT2D eigenvalue weighted by molar-refractivity contribution is -0.146. The van der Waals surface area contributed by atoms with Gasteiger partial charge < -0.3 is 14.8 Å². The molecule has 1 N–H and O–H groups in total. The summed E-state index contributed by atoms with van der Waals surface area (Å²) >= 11 is 7.65. The molecule has 2 aromatic carbocycles. The molecule has 7 heteroatoms. The Labute approximate surface area is 174 Å². The van der Waals surface area contributed by atoms with Crippen molar-refractivity contribution in [3.05, 3.63) is 64.7 Å². The Balaban J connectivity index is 1.87. The summed E-state index contributed by atoms with van der Waals surface area (Å²) in [6, 6.07) is 13.6. The van der Waals surface area contributed by atoms with Gasteiger partial charge in [-0.05, 0) is 55.2 Å². The number of benzene rings is 2. The molecule has 0 spiro atoms. The number of thioether (sulfide) groups is 1. The molecule has 0 saturated heterocycles. The number of esters is 1. The van der Waals surface area contributed by atoms with E-state index >= 15 is 0 Å². The van der Waals surface area contributed by atoms with Crippen LogP contribution in [0.4, 0.5) is 0 Å². The fraction of sp³-hybridized carbons (Fsp3) is 0.333. The summed E-state index contributed by atoms with van der Waals surface area (Å²) in [5.41, 5.74) is 1.42. The summed E-state index contributed by atoms with van der Waals surface area (Å²) in [6.45, 7) is 2.32. The Kier molecular flexibility index (Phi) is 9.17. The number of ether oxygens (including phenoxy) is 2. The summed E-state index contributed by atoms with van der Waals surface area (Å²) in [7, 11) is 0. The van der Waals surface area contributed by atoms with E-state index in [0.29, 0.717) is 22.8 Å². The Morgan fingerprint density at radius 2 is 1.93 bits per heavy atom. The van der Waals surface area contributed by atoms with Crippen LogP contribution in [0, 0.1) is 6.92 Å². The molecule has 0 fully saturated rings. The molecular weight excluding hydrogens is 398 g/mol. The predicted octanol–water partition coefficient (Wildman–Crippen LogP) is 4.12. The van der Waals surface area contributed by atoms with Gasteiger partial charge in [-0.3, -0.25) is 4.79 Å². The number of rotatable bonds is 10. The molecule has 0 aromatic heterocycles. The third-order valence-electron chi connectivity index (χ3n) is 3.90. The molecule has 1 amide bonds. The lowest BCUT2D eigenvalue weighted by atomic mass is 10.1. The predicted molar refractivity (Wildman–Crippen MR) is 113 cm³/mol. The number of halogens is 1. The molecule has 150 valence electrons. The minimum Gasteiger partial charge on any atom is -0.490 e. The maximum absolute atomic E-state index is 12.5. The van der Waals surface area contributed by atoms with Crippen molar-refractivity contribution >= 4 is 35.2 Å². The topological polar surface area (TPSA) is 64.6 Å². The van der Waals surface area contributed by atoms with E-state index in [1.165, 1.54) is 0 Å². The van der Waals surface area contributed by atoms with Gasteiger partial charge in [0.25, 0.3) is 5.91 Å². The Morgan fingerprint density at radius 3 is 2.64 bits per heavy atom. The number of carbonyl (C=O) groups is 2. The number of nitrogens with one attached hydrogen (secondary N) is 1. The van der Waals surface area contributed by atoms with E-state index in [-0.39, 0.29) is 13.2 Å². The summed E-state index contributed by atoms with van der Waals surface area (Å²) in [4.78, 5) is 24.9. The zero-order chi connectivity index (χ0) is 20.4. The second kappa shape index (κ2) is 11.6. The first-order chi connectivity index (χ1) is 13.5. The van der Waals surface area contributed by atoms with Crippen molar-refractivity contribution in [3.63, 3.8) is 0 Å². The molecule has 0 heterocycles. The monoisotopic (exact) mass is 421 g/mol. The van der Waals surface area contributed by atoms with Crippen molar-refractivity contribution in [2.75, 3.05) is 25.2 Å². The van der Waals surface area contributed by atoms with Crippen LogP contribution >= 0.6 is 23.4 Å². The van der Waals surface area contributed by atoms with Crippen molar-refractivity contribution in [2.45, 2.75) is 19.4 Å². The molecule has 5 nitrogen and oxygen atoms in total. The van der Waals surface area contributed by atoms with E-state index in [1.54, 1.807) is 36.0 Å². The summed E-state index contributed by atoms with van der Waals surface area (Å²) in [5.74, 6) is 0.552. The van der Waals surface area contributed by atoms with Gasteiger partial charge in [0.1, 0.15) is 25.0 Å². The van der Waals surface area contributed by atoms with Gasteiger partial charge in [0.15, 0.2) is 0 Å². The minimum atomic E-state index is -0.741. The molecular formula is C21H24ClNO4S. The zero-order valence-corrected chi connectivity index (χ0v) is 17.5. The van der Waals surface area contributed by atoms with E-state index in [4.69, 9.17) is 21.1 Å². The maximum Gasteiger partial charge on any atom is 0.328 e. The number of aryl methyl sites for hydroxylation is 1. The van der Waals surface area contributed by atoms with Crippen LogP contribution in [0.25, 0.3) is 0 Å². The fourth-order valence-corrected chi connectivity index (χ4v) is 3.17. The molecule has 0 aliphatic rings. The molecule has 28 heavy (non-hydrogen) atoms. The molecule has 0 saturated carbocycles. The van der Waals surface area contributed by atoms with E-state index in [9.17, 15) is 9.59 Å². The largest absolute Gasteiger partial charge is 0.490 e. The molecule has 2 aromatic rings. The highest BCUT2D eigenvalue weighted by Gasteiger charge is 2.23. The van der Waals surface area contributed by atoms with E-state index < -0.39 is 17.9 Å². The Hall–Kier alpha value is -2.18. The van der Waals surface area contributed by atoms with Gasteiger partial charge in [0, 0.05) is 0 Å². The van der Waals surface area contributed by atoms with Gasteiger partial charge in [-0.2, -0.15) is 11.8 Å². The molecule has 0 radical (unpaired) electrons. The number of hydrogen-bond donors (Lipinski definition) is 1. The third kappa shape index (κ3) is 7.09. The molecule has 1 unspecified atom stereocenters. The van der Waals surface area contributed by atoms with Gasteiger partial charge in [0.2, 0.25) is 0 Å². The van der Waals surface area contributed by atoms with E-state index in [1.807, 2.05) is 37.4 Å². The highest BCUT2D eigenvalue weighted by Crippen LogP contribution is 2.15. The first-order valence-electron chi connectivity index (χ1n) is 8.91. The molecule has 0 aliphatic carbocycles. The summed E-state index contributed by atoms with van der Waals surface area (Å²) in [5, 5.41) is 3.06. The summed E-state index contributed by atoms with van der Waals surface area (Å²) in [6.07, 6.45) is 2.41. The highest BCUT2D eigenvalue weighted by molar-refractivity contribution is 7.98. The minimum absolute atomic E-state index is 0.102. The van der Waals surface area contributed by atoms with Crippen molar-refractivity contribution in [1.29, 1.82) is 0 Å². The van der Waals surface area contributed by atoms with Gasteiger partial charge in [-0.15, -0.1) is 0 Å². The van der Waals surface area contributed by atoms with Gasteiger partial charge in [0.05, 0.1) is 10.6 Å². The Bertz CT molecular complexity index is 799. The first kappa shape index (κ1) is 22.1. The number of carbonyl (C=O) groups excluding carboxylic acids is 2. The number of hydrogen-bond acceptors (Lipinski definition) is 5. The van der Waals surface area contributed by atoms with Crippen LogP contribution < -0.4 is 10.1 Å². The molecule has 1 atom stereocenters. The maximum atomic E-state index is 12.5. The average molecular weight is 422 g/mol. The van der Waals surface area contributed by atoms with Crippen LogP contribution in [0.3, 0.4) is 0 Å². The normalized spacial score (nSPS) is 11.5. The standard InChI is InChI=1S/C21H24ClNO4S/c1-15-6-5-7-16(14-15)26-11-12-27-21(25)19(10-13-28-2)23-20(24)17-8-3-4-9-18(17)22/h3-9,14,19H,10-13H2,1-2H3,(H,23,24). The van der Waals surface area contributed by atoms with E-state index in [2.05, 4.69) is 5.32 Å². The van der Waals surface area contributed by atoms with E-state index in [0.717, 1.165) is 11.3 Å². The Morgan fingerprint density at radius 1 is 1.14 bits per heavy atom. The van der Waals surface area contributed by atoms with Crippen LogP contribution in [0.15, 0.2) is 48.5 Å². The lowest BCUT2D eigenvalue weighted by Gasteiger charge is -2.18. The van der Waals surface area contributed by atoms with Crippen LogP contribution in [-0.4, -0.2) is 43.1 Å². The van der Waals surface area contributed by atoms with Gasteiger partial charge in [-0.1, -0.05) is 35.9 Å². The van der Waals surface area contributed by atoms with Crippen LogP contribution in [0.5, 0.6) is 5.75 Å². The van der Waals surface area contributed by atoms with Gasteiger partial charge >= 0.3 is 5.97 Å². The van der Waals surface area contributed by atoms with Crippen LogP contribution in [-0.2, 0) is 9.53 Å². The quantitative estimate of drug-likeness (QED) is 0.461. The fourth-order valence-electron chi connectivity index (χ4n) is 2.47. The number of amides is 1. The molecule has 0 aliphatic heterocycles. The first-order valence-corrected chi connectivity index (χ1v) is 10.7. The highest BCUT2D eigenvalue weighted by atomic mass is 35.5. The summed E-state index contributed by atoms with van der Waals surface area (Å²) < 4.78 is 10.9. The van der Waals surface area contributed by atoms with Crippen molar-refractivity contribution < 1.29 is 19.1 Å². The average Bonchev–Trinajstić information content (AvgIpc) is 2.68. The van der Waals surface area contributed by atoms with Crippen molar-refractivity contribution in [3.8, 4) is 5.75 Å². The second-order valence-corrected chi connectivity index (χ2v) is 7.51. The van der Waals surface area contributed by atoms with Crippen molar-refractivity contribution in [1.82, 2.24) is 5.32 Å². The molecule has 0 bridgehead atoms. The smallest absolute Gasteiger partial charge is 0.328 e. The SMILES string of the molecule is CSCCC(NC(=O)c1ccccc1Cl)C(=O)OCCOc1cccc(C)c1. The van der Waals surface area contributed by atoms with Gasteiger partial charge in [-0.25, -0.2) is 4.79 Å². The zero-order valence-electron chi connectivity index (χ0n) is 15.9. The van der Waals surface area contributed by atoms with Crippen LogP contribution in [0.1, 0.15) is 22.3 Å².